The van der Waals surface area contributed by atoms with E-state index < -0.39 is 0 Å². The summed E-state index contributed by atoms with van der Waals surface area (Å²) in [6.07, 6.45) is 0. The number of aryl methyl sites for hydroxylation is 1. The van der Waals surface area contributed by atoms with Crippen molar-refractivity contribution >= 4 is 39.8 Å². The molecule has 0 fully saturated rings. The molecule has 0 saturated carbocycles. The molecule has 118 valence electrons. The average Bonchev–Trinajstić information content (AvgIpc) is 3.02. The topological polar surface area (TPSA) is 37.8 Å². The first-order valence-electron chi connectivity index (χ1n) is 7.20. The Bertz CT molecular complexity index is 772. The molecule has 0 aliphatic rings. The van der Waals surface area contributed by atoms with Gasteiger partial charge in [-0.15, -0.1) is 10.2 Å². The Morgan fingerprint density at radius 3 is 2.65 bits per heavy atom. The highest BCUT2D eigenvalue weighted by Crippen LogP contribution is 2.29. The van der Waals surface area contributed by atoms with Gasteiger partial charge in [-0.3, -0.25) is 0 Å². The zero-order valence-corrected chi connectivity index (χ0v) is 15.0. The highest BCUT2D eigenvalue weighted by molar-refractivity contribution is 8.00. The van der Waals surface area contributed by atoms with Crippen molar-refractivity contribution in [3.8, 4) is 0 Å². The van der Waals surface area contributed by atoms with Crippen molar-refractivity contribution in [3.05, 3.63) is 70.2 Å². The van der Waals surface area contributed by atoms with Crippen molar-refractivity contribution in [3.63, 3.8) is 0 Å². The normalized spacial score (nSPS) is 10.7. The largest absolute Gasteiger partial charge is 0.356 e. The van der Waals surface area contributed by atoms with Crippen molar-refractivity contribution in [2.75, 3.05) is 5.32 Å². The van der Waals surface area contributed by atoms with Gasteiger partial charge in [-0.1, -0.05) is 82.7 Å². The first kappa shape index (κ1) is 16.3. The highest BCUT2D eigenvalue weighted by atomic mass is 35.5. The molecular weight excluding hydrogens is 346 g/mol. The van der Waals surface area contributed by atoms with Gasteiger partial charge in [-0.05, 0) is 24.1 Å². The first-order valence-corrected chi connectivity index (χ1v) is 9.38. The maximum absolute atomic E-state index is 6.15. The van der Waals surface area contributed by atoms with Crippen LogP contribution in [0, 0.1) is 6.92 Å². The van der Waals surface area contributed by atoms with Crippen molar-refractivity contribution in [2.24, 2.45) is 0 Å². The van der Waals surface area contributed by atoms with Crippen LogP contribution in [0.25, 0.3) is 0 Å². The average molecular weight is 362 g/mol. The molecule has 1 heterocycles. The standard InChI is InChI=1S/C17H16ClN3S2/c1-12-6-8-13(9-7-12)11-22-17-21-20-16(23-17)19-10-14-4-2-3-5-15(14)18/h2-9H,10-11H2,1H3,(H,19,20). The monoisotopic (exact) mass is 361 g/mol. The molecular formula is C17H16ClN3S2. The third-order valence-corrected chi connectivity index (χ3v) is 5.73. The summed E-state index contributed by atoms with van der Waals surface area (Å²) in [7, 11) is 0. The van der Waals surface area contributed by atoms with Gasteiger partial charge in [0.1, 0.15) is 0 Å². The van der Waals surface area contributed by atoms with Gasteiger partial charge in [0.25, 0.3) is 0 Å². The van der Waals surface area contributed by atoms with E-state index >= 15 is 0 Å². The maximum Gasteiger partial charge on any atom is 0.206 e. The van der Waals surface area contributed by atoms with Crippen LogP contribution in [0.5, 0.6) is 0 Å². The summed E-state index contributed by atoms with van der Waals surface area (Å²) < 4.78 is 0.965. The zero-order valence-electron chi connectivity index (χ0n) is 12.6. The van der Waals surface area contributed by atoms with Gasteiger partial charge in [0, 0.05) is 17.3 Å². The van der Waals surface area contributed by atoms with Crippen molar-refractivity contribution < 1.29 is 0 Å². The van der Waals surface area contributed by atoms with Gasteiger partial charge in [0.15, 0.2) is 4.34 Å². The fourth-order valence-electron chi connectivity index (χ4n) is 1.98. The molecule has 0 atom stereocenters. The van der Waals surface area contributed by atoms with Crippen molar-refractivity contribution in [1.82, 2.24) is 10.2 Å². The lowest BCUT2D eigenvalue weighted by Crippen LogP contribution is -1.99. The van der Waals surface area contributed by atoms with E-state index in [1.165, 1.54) is 11.1 Å². The summed E-state index contributed by atoms with van der Waals surface area (Å²) in [5, 5.41) is 13.3. The lowest BCUT2D eigenvalue weighted by Gasteiger charge is -2.03. The Kier molecular flexibility index (Phi) is 5.54. The van der Waals surface area contributed by atoms with E-state index in [-0.39, 0.29) is 0 Å². The van der Waals surface area contributed by atoms with Crippen LogP contribution in [0.3, 0.4) is 0 Å². The van der Waals surface area contributed by atoms with E-state index in [2.05, 4.69) is 46.7 Å². The minimum Gasteiger partial charge on any atom is -0.356 e. The molecule has 6 heteroatoms. The summed E-state index contributed by atoms with van der Waals surface area (Å²) in [4.78, 5) is 0. The van der Waals surface area contributed by atoms with Crippen LogP contribution in [0.15, 0.2) is 52.9 Å². The quantitative estimate of drug-likeness (QED) is 0.596. The minimum atomic E-state index is 0.650. The van der Waals surface area contributed by atoms with E-state index in [0.717, 1.165) is 25.8 Å². The van der Waals surface area contributed by atoms with Crippen LogP contribution in [0.2, 0.25) is 5.02 Å². The van der Waals surface area contributed by atoms with Gasteiger partial charge in [0.2, 0.25) is 5.13 Å². The van der Waals surface area contributed by atoms with Crippen LogP contribution in [-0.2, 0) is 12.3 Å². The first-order chi connectivity index (χ1) is 11.2. The molecule has 0 bridgehead atoms. The number of halogens is 1. The van der Waals surface area contributed by atoms with Gasteiger partial charge in [-0.2, -0.15) is 0 Å². The number of benzene rings is 2. The van der Waals surface area contributed by atoms with Gasteiger partial charge >= 0.3 is 0 Å². The van der Waals surface area contributed by atoms with Crippen LogP contribution < -0.4 is 5.32 Å². The molecule has 0 amide bonds. The van der Waals surface area contributed by atoms with Gasteiger partial charge in [-0.25, -0.2) is 0 Å². The number of nitrogens with one attached hydrogen (secondary N) is 1. The van der Waals surface area contributed by atoms with Crippen LogP contribution >= 0.6 is 34.7 Å². The van der Waals surface area contributed by atoms with E-state index in [1.54, 1.807) is 23.1 Å². The fourth-order valence-corrected chi connectivity index (χ4v) is 3.89. The van der Waals surface area contributed by atoms with E-state index in [4.69, 9.17) is 11.6 Å². The summed E-state index contributed by atoms with van der Waals surface area (Å²) in [5.74, 6) is 0.902. The number of hydrogen-bond donors (Lipinski definition) is 1. The van der Waals surface area contributed by atoms with Gasteiger partial charge in [0.05, 0.1) is 0 Å². The van der Waals surface area contributed by atoms with Crippen LogP contribution in [-0.4, -0.2) is 10.2 Å². The molecule has 1 aromatic heterocycles. The smallest absolute Gasteiger partial charge is 0.206 e. The lowest BCUT2D eigenvalue weighted by atomic mass is 10.2. The SMILES string of the molecule is Cc1ccc(CSc2nnc(NCc3ccccc3Cl)s2)cc1. The molecule has 0 aliphatic heterocycles. The second-order valence-corrected chi connectivity index (χ2v) is 7.70. The van der Waals surface area contributed by atoms with E-state index in [1.807, 2.05) is 24.3 Å². The molecule has 0 unspecified atom stereocenters. The maximum atomic E-state index is 6.15. The third-order valence-electron chi connectivity index (χ3n) is 3.28. The number of anilines is 1. The predicted octanol–water partition coefficient (Wildman–Crippen LogP) is 5.40. The predicted molar refractivity (Wildman–Crippen MR) is 99.4 cm³/mol. The third kappa shape index (κ3) is 4.70. The number of hydrogen-bond acceptors (Lipinski definition) is 5. The molecule has 3 aromatic rings. The number of nitrogens with zero attached hydrogens (tertiary/aromatic N) is 2. The number of aromatic nitrogens is 2. The Balaban J connectivity index is 1.53. The minimum absolute atomic E-state index is 0.650. The molecule has 0 radical (unpaired) electrons. The van der Waals surface area contributed by atoms with Gasteiger partial charge < -0.3 is 5.32 Å². The molecule has 0 spiro atoms. The van der Waals surface area contributed by atoms with Crippen molar-refractivity contribution in [1.29, 1.82) is 0 Å². The molecule has 1 N–H and O–H groups in total. The Hall–Kier alpha value is -1.56. The Morgan fingerprint density at radius 1 is 1.09 bits per heavy atom. The number of thioether (sulfide) groups is 1. The lowest BCUT2D eigenvalue weighted by molar-refractivity contribution is 0.995. The fraction of sp³-hybridized carbons (Fsp3) is 0.176. The second kappa shape index (κ2) is 7.81. The number of rotatable bonds is 6. The summed E-state index contributed by atoms with van der Waals surface area (Å²) in [6.45, 7) is 2.75. The van der Waals surface area contributed by atoms with Crippen molar-refractivity contribution in [2.45, 2.75) is 23.6 Å². The van der Waals surface area contributed by atoms with E-state index in [0.29, 0.717) is 6.54 Å². The summed E-state index contributed by atoms with van der Waals surface area (Å²) in [5.41, 5.74) is 3.63. The molecule has 3 rings (SSSR count). The van der Waals surface area contributed by atoms with E-state index in [9.17, 15) is 0 Å². The van der Waals surface area contributed by atoms with Crippen LogP contribution in [0.4, 0.5) is 5.13 Å². The zero-order chi connectivity index (χ0) is 16.1. The molecule has 0 saturated heterocycles. The highest BCUT2D eigenvalue weighted by Gasteiger charge is 2.06. The Labute approximate surface area is 149 Å². The molecule has 23 heavy (non-hydrogen) atoms. The molecule has 2 aromatic carbocycles. The molecule has 3 nitrogen and oxygen atoms in total. The second-order valence-electron chi connectivity index (χ2n) is 5.09. The summed E-state index contributed by atoms with van der Waals surface area (Å²) in [6, 6.07) is 16.4. The Morgan fingerprint density at radius 2 is 1.87 bits per heavy atom. The van der Waals surface area contributed by atoms with Crippen LogP contribution in [0.1, 0.15) is 16.7 Å². The summed E-state index contributed by atoms with van der Waals surface area (Å²) >= 11 is 9.42. The molecule has 0 aliphatic carbocycles.